The summed E-state index contributed by atoms with van der Waals surface area (Å²) in [5, 5.41) is 5.31. The Balaban J connectivity index is 1.35. The van der Waals surface area contributed by atoms with Crippen LogP contribution in [0.15, 0.2) is 121 Å². The van der Waals surface area contributed by atoms with Crippen LogP contribution < -0.4 is 0 Å². The Morgan fingerprint density at radius 3 is 1.47 bits per heavy atom. The second-order valence-electron chi connectivity index (χ2n) is 10.9. The molecule has 0 amide bonds. The molecule has 2 heterocycles. The number of aromatic nitrogens is 1. The van der Waals surface area contributed by atoms with Crippen molar-refractivity contribution in [3.8, 4) is 33.4 Å². The largest absolute Gasteiger partial charge is 0.308 e. The maximum absolute atomic E-state index is 2.46. The minimum Gasteiger partial charge on any atom is -0.308 e. The molecule has 0 N–H and O–H groups in total. The Morgan fingerprint density at radius 1 is 0.421 bits per heavy atom. The maximum Gasteiger partial charge on any atom is 0.0620 e. The van der Waals surface area contributed by atoms with Gasteiger partial charge >= 0.3 is 0 Å². The normalized spacial score (nSPS) is 13.7. The highest BCUT2D eigenvalue weighted by molar-refractivity contribution is 6.24. The molecular weight excluding hydrogens is 458 g/mol. The van der Waals surface area contributed by atoms with Gasteiger partial charge in [0.1, 0.15) is 0 Å². The van der Waals surface area contributed by atoms with Crippen molar-refractivity contribution in [2.45, 2.75) is 5.92 Å². The first-order valence-electron chi connectivity index (χ1n) is 13.4. The van der Waals surface area contributed by atoms with Gasteiger partial charge in [-0.1, -0.05) is 84.9 Å². The van der Waals surface area contributed by atoms with Gasteiger partial charge in [-0.2, -0.15) is 0 Å². The van der Waals surface area contributed by atoms with Gasteiger partial charge in [0.05, 0.1) is 16.6 Å². The molecule has 0 aliphatic heterocycles. The molecule has 10 rings (SSSR count). The average Bonchev–Trinajstić information content (AvgIpc) is 3.70. The summed E-state index contributed by atoms with van der Waals surface area (Å²) in [5.41, 5.74) is 16.4. The first kappa shape index (κ1) is 19.3. The molecule has 2 aliphatic carbocycles. The third-order valence-electron chi connectivity index (χ3n) is 9.13. The van der Waals surface area contributed by atoms with Crippen LogP contribution in [0.5, 0.6) is 0 Å². The molecule has 0 radical (unpaired) electrons. The predicted octanol–water partition coefficient (Wildman–Crippen LogP) is 9.64. The van der Waals surface area contributed by atoms with E-state index in [0.717, 1.165) is 0 Å². The highest BCUT2D eigenvalue weighted by Gasteiger charge is 2.38. The molecule has 0 atom stereocenters. The van der Waals surface area contributed by atoms with E-state index in [4.69, 9.17) is 0 Å². The molecule has 174 valence electrons. The molecule has 0 spiro atoms. The van der Waals surface area contributed by atoms with Gasteiger partial charge in [-0.3, -0.25) is 0 Å². The summed E-state index contributed by atoms with van der Waals surface area (Å²) in [6.45, 7) is 0. The lowest BCUT2D eigenvalue weighted by atomic mass is 9.92. The smallest absolute Gasteiger partial charge is 0.0620 e. The minimum atomic E-state index is 0.353. The Hall–Kier alpha value is -4.88. The molecule has 0 unspecified atom stereocenters. The SMILES string of the molecule is c1ccc2c(c1)-c1cc(-c3cc4c5ccccc5n5c6ccccc6c(c3)c45)cc3c1C2c1ccccc1-3. The monoisotopic (exact) mass is 479 g/mol. The lowest BCUT2D eigenvalue weighted by Crippen LogP contribution is -1.93. The highest BCUT2D eigenvalue weighted by atomic mass is 14.9. The van der Waals surface area contributed by atoms with Gasteiger partial charge in [0.15, 0.2) is 0 Å². The second-order valence-corrected chi connectivity index (χ2v) is 10.9. The molecule has 38 heavy (non-hydrogen) atoms. The van der Waals surface area contributed by atoms with Crippen molar-refractivity contribution in [2.24, 2.45) is 0 Å². The summed E-state index contributed by atoms with van der Waals surface area (Å²) in [6.07, 6.45) is 0. The van der Waals surface area contributed by atoms with E-state index in [-0.39, 0.29) is 0 Å². The number of fused-ring (bicyclic) bond motifs is 12. The van der Waals surface area contributed by atoms with E-state index in [9.17, 15) is 0 Å². The maximum atomic E-state index is 2.46. The van der Waals surface area contributed by atoms with Gasteiger partial charge in [-0.25, -0.2) is 0 Å². The fourth-order valence-corrected chi connectivity index (χ4v) is 7.66. The van der Waals surface area contributed by atoms with Crippen molar-refractivity contribution in [1.29, 1.82) is 0 Å². The fraction of sp³-hybridized carbons (Fsp3) is 0.0270. The molecule has 0 fully saturated rings. The van der Waals surface area contributed by atoms with Crippen molar-refractivity contribution in [1.82, 2.24) is 4.40 Å². The second kappa shape index (κ2) is 6.51. The zero-order valence-electron chi connectivity index (χ0n) is 20.6. The third kappa shape index (κ3) is 2.13. The Bertz CT molecular complexity index is 2150. The summed E-state index contributed by atoms with van der Waals surface area (Å²) >= 11 is 0. The summed E-state index contributed by atoms with van der Waals surface area (Å²) in [4.78, 5) is 0. The molecule has 1 heteroatoms. The first-order valence-corrected chi connectivity index (χ1v) is 13.4. The van der Waals surface area contributed by atoms with Gasteiger partial charge in [0.2, 0.25) is 0 Å². The number of rotatable bonds is 1. The van der Waals surface area contributed by atoms with Crippen LogP contribution in [0.2, 0.25) is 0 Å². The Morgan fingerprint density at radius 2 is 0.895 bits per heavy atom. The molecule has 6 aromatic carbocycles. The average molecular weight is 480 g/mol. The van der Waals surface area contributed by atoms with Crippen LogP contribution in [0, 0.1) is 0 Å². The van der Waals surface area contributed by atoms with E-state index in [1.54, 1.807) is 0 Å². The number of hydrogen-bond acceptors (Lipinski definition) is 0. The molecule has 0 saturated carbocycles. The van der Waals surface area contributed by atoms with Crippen LogP contribution >= 0.6 is 0 Å². The molecule has 2 aliphatic rings. The van der Waals surface area contributed by atoms with Crippen LogP contribution in [0.1, 0.15) is 22.6 Å². The van der Waals surface area contributed by atoms with Gasteiger partial charge < -0.3 is 4.40 Å². The van der Waals surface area contributed by atoms with E-state index in [2.05, 4.69) is 126 Å². The molecule has 0 bridgehead atoms. The summed E-state index contributed by atoms with van der Waals surface area (Å²) < 4.78 is 2.46. The van der Waals surface area contributed by atoms with E-state index in [1.807, 2.05) is 0 Å². The molecule has 0 saturated heterocycles. The van der Waals surface area contributed by atoms with Crippen LogP contribution in [-0.2, 0) is 0 Å². The van der Waals surface area contributed by atoms with Crippen LogP contribution in [0.3, 0.4) is 0 Å². The Labute approximate surface area is 219 Å². The lowest BCUT2D eigenvalue weighted by molar-refractivity contribution is 1.05. The molecule has 8 aromatic rings. The Kier molecular flexibility index (Phi) is 3.30. The number of hydrogen-bond donors (Lipinski definition) is 0. The van der Waals surface area contributed by atoms with Crippen LogP contribution in [0.25, 0.3) is 71.5 Å². The molecular formula is C37H21N. The number of para-hydroxylation sites is 2. The fourth-order valence-electron chi connectivity index (χ4n) is 7.66. The van der Waals surface area contributed by atoms with Crippen LogP contribution in [-0.4, -0.2) is 4.40 Å². The van der Waals surface area contributed by atoms with Crippen molar-refractivity contribution in [3.63, 3.8) is 0 Å². The van der Waals surface area contributed by atoms with Crippen LogP contribution in [0.4, 0.5) is 0 Å². The van der Waals surface area contributed by atoms with Gasteiger partial charge in [-0.05, 0) is 86.5 Å². The highest BCUT2D eigenvalue weighted by Crippen LogP contribution is 2.58. The topological polar surface area (TPSA) is 4.41 Å². The van der Waals surface area contributed by atoms with Crippen molar-refractivity contribution >= 4 is 38.1 Å². The zero-order chi connectivity index (χ0) is 24.5. The van der Waals surface area contributed by atoms with E-state index >= 15 is 0 Å². The van der Waals surface area contributed by atoms with Crippen molar-refractivity contribution < 1.29 is 0 Å². The summed E-state index contributed by atoms with van der Waals surface area (Å²) in [6, 6.07) is 45.5. The third-order valence-corrected chi connectivity index (χ3v) is 9.13. The van der Waals surface area contributed by atoms with Gasteiger partial charge in [0, 0.05) is 27.5 Å². The predicted molar refractivity (Wildman–Crippen MR) is 158 cm³/mol. The number of benzene rings is 6. The van der Waals surface area contributed by atoms with Gasteiger partial charge in [-0.15, -0.1) is 0 Å². The molecule has 1 nitrogen and oxygen atoms in total. The molecule has 2 aromatic heterocycles. The zero-order valence-corrected chi connectivity index (χ0v) is 20.6. The van der Waals surface area contributed by atoms with Gasteiger partial charge in [0.25, 0.3) is 0 Å². The first-order chi connectivity index (χ1) is 18.9. The standard InChI is InChI=1S/C37H21N/c1-3-13-27-23(9-1)29-17-21(18-30-24-10-2-4-14-28(24)35(27)36(29)30)22-19-31-25-11-5-7-15-33(25)38-34-16-8-6-12-26(34)32(20-22)37(31)38/h1-20,35H. The summed E-state index contributed by atoms with van der Waals surface area (Å²) in [5.74, 6) is 0.353. The van der Waals surface area contributed by atoms with Crippen molar-refractivity contribution in [2.75, 3.05) is 0 Å². The van der Waals surface area contributed by atoms with E-state index in [1.165, 1.54) is 88.2 Å². The minimum absolute atomic E-state index is 0.353. The lowest BCUT2D eigenvalue weighted by Gasteiger charge is -2.11. The van der Waals surface area contributed by atoms with E-state index in [0.29, 0.717) is 5.92 Å². The number of nitrogens with zero attached hydrogens (tertiary/aromatic N) is 1. The van der Waals surface area contributed by atoms with Crippen molar-refractivity contribution in [3.05, 3.63) is 138 Å². The van der Waals surface area contributed by atoms with E-state index < -0.39 is 0 Å². The summed E-state index contributed by atoms with van der Waals surface area (Å²) in [7, 11) is 0. The quantitative estimate of drug-likeness (QED) is 0.221.